The zero-order valence-electron chi connectivity index (χ0n) is 18.4. The number of piperidine rings is 1. The number of hydrogen-bond donors (Lipinski definition) is 1. The SMILES string of the molecule is CC(C)N(CCC(=O)N1CCC(Cc2ccccc2)CC1)C(=O)Nc1cccc(Br)c1. The summed E-state index contributed by atoms with van der Waals surface area (Å²) >= 11 is 3.42. The summed E-state index contributed by atoms with van der Waals surface area (Å²) in [6.45, 7) is 5.98. The van der Waals surface area contributed by atoms with Gasteiger partial charge in [-0.15, -0.1) is 0 Å². The summed E-state index contributed by atoms with van der Waals surface area (Å²) < 4.78 is 0.909. The van der Waals surface area contributed by atoms with E-state index in [9.17, 15) is 9.59 Å². The maximum Gasteiger partial charge on any atom is 0.322 e. The van der Waals surface area contributed by atoms with E-state index in [2.05, 4.69) is 45.5 Å². The van der Waals surface area contributed by atoms with E-state index in [0.29, 0.717) is 18.9 Å². The lowest BCUT2D eigenvalue weighted by Gasteiger charge is -2.33. The molecule has 0 radical (unpaired) electrons. The number of nitrogens with zero attached hydrogens (tertiary/aromatic N) is 2. The van der Waals surface area contributed by atoms with Gasteiger partial charge in [0.15, 0.2) is 0 Å². The van der Waals surface area contributed by atoms with Crippen molar-refractivity contribution in [2.24, 2.45) is 5.92 Å². The number of halogens is 1. The van der Waals surface area contributed by atoms with Crippen molar-refractivity contribution >= 4 is 33.6 Å². The first-order valence-corrected chi connectivity index (χ1v) is 11.9. The predicted molar refractivity (Wildman–Crippen MR) is 129 cm³/mol. The number of nitrogens with one attached hydrogen (secondary N) is 1. The number of amides is 3. The number of carbonyl (C=O) groups excluding carboxylic acids is 2. The Hall–Kier alpha value is -2.34. The summed E-state index contributed by atoms with van der Waals surface area (Å²) in [5.41, 5.74) is 2.10. The van der Waals surface area contributed by atoms with Crippen LogP contribution in [0.15, 0.2) is 59.1 Å². The van der Waals surface area contributed by atoms with Gasteiger partial charge >= 0.3 is 6.03 Å². The number of carbonyl (C=O) groups is 2. The average Bonchev–Trinajstić information content (AvgIpc) is 2.75. The van der Waals surface area contributed by atoms with Crippen LogP contribution in [0.1, 0.15) is 38.7 Å². The van der Waals surface area contributed by atoms with Gasteiger partial charge in [-0.2, -0.15) is 0 Å². The third-order valence-corrected chi connectivity index (χ3v) is 6.35. The van der Waals surface area contributed by atoms with E-state index in [-0.39, 0.29) is 18.0 Å². The fraction of sp³-hybridized carbons (Fsp3) is 0.440. The van der Waals surface area contributed by atoms with Crippen LogP contribution in [0.5, 0.6) is 0 Å². The van der Waals surface area contributed by atoms with Crippen molar-refractivity contribution in [3.63, 3.8) is 0 Å². The monoisotopic (exact) mass is 485 g/mol. The van der Waals surface area contributed by atoms with Crippen LogP contribution < -0.4 is 5.32 Å². The molecule has 6 heteroatoms. The van der Waals surface area contributed by atoms with Gasteiger partial charge in [-0.1, -0.05) is 52.3 Å². The molecule has 1 heterocycles. The summed E-state index contributed by atoms with van der Waals surface area (Å²) in [4.78, 5) is 29.2. The van der Waals surface area contributed by atoms with Gasteiger partial charge in [0.05, 0.1) is 0 Å². The summed E-state index contributed by atoms with van der Waals surface area (Å²) in [7, 11) is 0. The van der Waals surface area contributed by atoms with Gasteiger partial charge in [0, 0.05) is 42.3 Å². The van der Waals surface area contributed by atoms with Gasteiger partial charge in [-0.05, 0) is 62.8 Å². The first-order chi connectivity index (χ1) is 14.9. The molecule has 0 aliphatic carbocycles. The minimum atomic E-state index is -0.178. The Morgan fingerprint density at radius 3 is 2.45 bits per heavy atom. The van der Waals surface area contributed by atoms with Crippen molar-refractivity contribution < 1.29 is 9.59 Å². The highest BCUT2D eigenvalue weighted by atomic mass is 79.9. The van der Waals surface area contributed by atoms with Gasteiger partial charge in [-0.25, -0.2) is 4.79 Å². The number of urea groups is 1. The lowest BCUT2D eigenvalue weighted by Crippen LogP contribution is -2.44. The number of anilines is 1. The van der Waals surface area contributed by atoms with Crippen LogP contribution >= 0.6 is 15.9 Å². The normalized spacial score (nSPS) is 14.5. The molecule has 3 rings (SSSR count). The molecule has 0 aromatic heterocycles. The number of hydrogen-bond acceptors (Lipinski definition) is 2. The lowest BCUT2D eigenvalue weighted by atomic mass is 9.90. The minimum absolute atomic E-state index is 0.0107. The molecule has 3 amide bonds. The van der Waals surface area contributed by atoms with Gasteiger partial charge in [0.25, 0.3) is 0 Å². The van der Waals surface area contributed by atoms with Crippen molar-refractivity contribution in [1.29, 1.82) is 0 Å². The van der Waals surface area contributed by atoms with Crippen LogP contribution in [0.25, 0.3) is 0 Å². The van der Waals surface area contributed by atoms with Crippen molar-refractivity contribution in [1.82, 2.24) is 9.80 Å². The number of likely N-dealkylation sites (tertiary alicyclic amines) is 1. The van der Waals surface area contributed by atoms with Crippen molar-refractivity contribution in [3.05, 3.63) is 64.6 Å². The molecule has 0 unspecified atom stereocenters. The average molecular weight is 486 g/mol. The summed E-state index contributed by atoms with van der Waals surface area (Å²) in [6, 6.07) is 17.9. The fourth-order valence-electron chi connectivity index (χ4n) is 4.06. The Morgan fingerprint density at radius 2 is 1.81 bits per heavy atom. The Labute approximate surface area is 193 Å². The van der Waals surface area contributed by atoms with Crippen LogP contribution in [0.4, 0.5) is 10.5 Å². The molecule has 0 bridgehead atoms. The third kappa shape index (κ3) is 7.10. The second-order valence-electron chi connectivity index (χ2n) is 8.49. The molecule has 1 aliphatic heterocycles. The molecule has 31 heavy (non-hydrogen) atoms. The van der Waals surface area contributed by atoms with Crippen molar-refractivity contribution in [3.8, 4) is 0 Å². The summed E-state index contributed by atoms with van der Waals surface area (Å²) in [5.74, 6) is 0.772. The van der Waals surface area contributed by atoms with Crippen LogP contribution in [-0.2, 0) is 11.2 Å². The Kier molecular flexibility index (Phi) is 8.52. The molecule has 1 fully saturated rings. The fourth-order valence-corrected chi connectivity index (χ4v) is 4.46. The maximum atomic E-state index is 12.8. The second-order valence-corrected chi connectivity index (χ2v) is 9.41. The zero-order chi connectivity index (χ0) is 22.2. The molecule has 1 saturated heterocycles. The van der Waals surface area contributed by atoms with E-state index in [0.717, 1.165) is 42.5 Å². The first-order valence-electron chi connectivity index (χ1n) is 11.1. The van der Waals surface area contributed by atoms with Crippen LogP contribution in [0.2, 0.25) is 0 Å². The van der Waals surface area contributed by atoms with Crippen LogP contribution in [-0.4, -0.2) is 47.4 Å². The molecule has 1 aliphatic rings. The van der Waals surface area contributed by atoms with Gasteiger partial charge < -0.3 is 15.1 Å². The minimum Gasteiger partial charge on any atom is -0.343 e. The lowest BCUT2D eigenvalue weighted by molar-refractivity contribution is -0.132. The van der Waals surface area contributed by atoms with E-state index in [1.807, 2.05) is 49.1 Å². The zero-order valence-corrected chi connectivity index (χ0v) is 20.0. The standard InChI is InChI=1S/C25H32BrN3O2/c1-19(2)29(25(31)27-23-10-6-9-22(26)18-23)16-13-24(30)28-14-11-21(12-15-28)17-20-7-4-3-5-8-20/h3-10,18-19,21H,11-17H2,1-2H3,(H,27,31). The Balaban J connectivity index is 1.46. The smallest absolute Gasteiger partial charge is 0.322 e. The molecular formula is C25H32BrN3O2. The van der Waals surface area contributed by atoms with E-state index < -0.39 is 0 Å². The van der Waals surface area contributed by atoms with E-state index in [4.69, 9.17) is 0 Å². The van der Waals surface area contributed by atoms with Crippen molar-refractivity contribution in [2.45, 2.75) is 45.6 Å². The number of benzene rings is 2. The molecule has 0 saturated carbocycles. The van der Waals surface area contributed by atoms with E-state index >= 15 is 0 Å². The molecule has 5 nitrogen and oxygen atoms in total. The highest BCUT2D eigenvalue weighted by Gasteiger charge is 2.24. The summed E-state index contributed by atoms with van der Waals surface area (Å²) in [6.07, 6.45) is 3.52. The largest absolute Gasteiger partial charge is 0.343 e. The van der Waals surface area contributed by atoms with Gasteiger partial charge in [0.1, 0.15) is 0 Å². The van der Waals surface area contributed by atoms with Gasteiger partial charge in [0.2, 0.25) is 5.91 Å². The number of rotatable bonds is 7. The molecule has 166 valence electrons. The Morgan fingerprint density at radius 1 is 1.10 bits per heavy atom. The third-order valence-electron chi connectivity index (χ3n) is 5.86. The molecule has 1 N–H and O–H groups in total. The van der Waals surface area contributed by atoms with Crippen molar-refractivity contribution in [2.75, 3.05) is 25.0 Å². The molecule has 2 aromatic rings. The van der Waals surface area contributed by atoms with E-state index in [1.165, 1.54) is 5.56 Å². The molecule has 0 spiro atoms. The highest BCUT2D eigenvalue weighted by molar-refractivity contribution is 9.10. The molecule has 2 aromatic carbocycles. The summed E-state index contributed by atoms with van der Waals surface area (Å²) in [5, 5.41) is 2.93. The second kappa shape index (κ2) is 11.3. The molecule has 0 atom stereocenters. The molecular weight excluding hydrogens is 454 g/mol. The quantitative estimate of drug-likeness (QED) is 0.557. The van der Waals surface area contributed by atoms with Crippen LogP contribution in [0, 0.1) is 5.92 Å². The maximum absolute atomic E-state index is 12.8. The topological polar surface area (TPSA) is 52.7 Å². The van der Waals surface area contributed by atoms with Gasteiger partial charge in [-0.3, -0.25) is 4.79 Å². The Bertz CT molecular complexity index is 864. The highest BCUT2D eigenvalue weighted by Crippen LogP contribution is 2.22. The van der Waals surface area contributed by atoms with E-state index in [1.54, 1.807) is 4.90 Å². The van der Waals surface area contributed by atoms with Crippen LogP contribution in [0.3, 0.4) is 0 Å². The predicted octanol–water partition coefficient (Wildman–Crippen LogP) is 5.56. The first kappa shape index (κ1) is 23.3.